The van der Waals surface area contributed by atoms with E-state index in [0.29, 0.717) is 0 Å². The number of carbonyl (C=O) groups excluding carboxylic acids is 1. The Kier molecular flexibility index (Phi) is 3.78. The first-order valence-electron chi connectivity index (χ1n) is 5.99. The zero-order valence-electron chi connectivity index (χ0n) is 10.4. The van der Waals surface area contributed by atoms with Crippen LogP contribution >= 0.6 is 0 Å². The number of rotatable bonds is 3. The van der Waals surface area contributed by atoms with Gasteiger partial charge in [-0.1, -0.05) is 6.42 Å². The monoisotopic (exact) mass is 237 g/mol. The number of aryl methyl sites for hydroxylation is 1. The summed E-state index contributed by atoms with van der Waals surface area (Å²) in [5.74, 6) is -0.119. The summed E-state index contributed by atoms with van der Waals surface area (Å²) in [6, 6.07) is -0.0938. The Balaban J connectivity index is 2.06. The first-order valence-corrected chi connectivity index (χ1v) is 5.99. The summed E-state index contributed by atoms with van der Waals surface area (Å²) in [6.07, 6.45) is 6.77. The van der Waals surface area contributed by atoms with E-state index in [0.717, 1.165) is 38.0 Å². The van der Waals surface area contributed by atoms with Gasteiger partial charge in [-0.3, -0.25) is 9.69 Å². The summed E-state index contributed by atoms with van der Waals surface area (Å²) in [4.78, 5) is 18.0. The van der Waals surface area contributed by atoms with Crippen molar-refractivity contribution >= 4 is 5.97 Å². The number of carbonyl (C=O) groups is 1. The highest BCUT2D eigenvalue weighted by Crippen LogP contribution is 2.20. The molecule has 0 bridgehead atoms. The second-order valence-corrected chi connectivity index (χ2v) is 4.50. The highest BCUT2D eigenvalue weighted by molar-refractivity contribution is 5.75. The quantitative estimate of drug-likeness (QED) is 0.734. The van der Waals surface area contributed by atoms with Gasteiger partial charge in [-0.25, -0.2) is 4.98 Å². The number of likely N-dealkylation sites (tertiary alicyclic amines) is 1. The van der Waals surface area contributed by atoms with E-state index in [9.17, 15) is 4.79 Å². The van der Waals surface area contributed by atoms with E-state index in [1.165, 1.54) is 7.11 Å². The first kappa shape index (κ1) is 12.1. The van der Waals surface area contributed by atoms with Gasteiger partial charge in [0.25, 0.3) is 0 Å². The highest BCUT2D eigenvalue weighted by atomic mass is 16.5. The van der Waals surface area contributed by atoms with Gasteiger partial charge < -0.3 is 9.30 Å². The fourth-order valence-electron chi connectivity index (χ4n) is 2.33. The van der Waals surface area contributed by atoms with Crippen LogP contribution in [0.3, 0.4) is 0 Å². The van der Waals surface area contributed by atoms with E-state index in [2.05, 4.69) is 9.88 Å². The minimum atomic E-state index is -0.119. The molecule has 17 heavy (non-hydrogen) atoms. The Morgan fingerprint density at radius 1 is 1.59 bits per heavy atom. The van der Waals surface area contributed by atoms with Crippen molar-refractivity contribution in [2.24, 2.45) is 7.05 Å². The number of nitrogens with zero attached hydrogens (tertiary/aromatic N) is 3. The molecule has 1 aromatic heterocycles. The average Bonchev–Trinajstić information content (AvgIpc) is 2.75. The normalized spacial score (nSPS) is 21.4. The number of hydrogen-bond acceptors (Lipinski definition) is 4. The fraction of sp³-hybridized carbons (Fsp3) is 0.667. The van der Waals surface area contributed by atoms with Crippen LogP contribution in [0.2, 0.25) is 0 Å². The number of piperidine rings is 1. The predicted octanol–water partition coefficient (Wildman–Crippen LogP) is 0.948. The predicted molar refractivity (Wildman–Crippen MR) is 63.3 cm³/mol. The Hall–Kier alpha value is -1.36. The summed E-state index contributed by atoms with van der Waals surface area (Å²) >= 11 is 0. The molecule has 1 unspecified atom stereocenters. The third-order valence-electron chi connectivity index (χ3n) is 3.37. The van der Waals surface area contributed by atoms with Gasteiger partial charge in [-0.05, 0) is 19.4 Å². The first-order chi connectivity index (χ1) is 8.22. The molecule has 1 fully saturated rings. The van der Waals surface area contributed by atoms with Gasteiger partial charge in [-0.15, -0.1) is 0 Å². The summed E-state index contributed by atoms with van der Waals surface area (Å²) < 4.78 is 6.86. The Bertz CT molecular complexity index is 389. The fourth-order valence-corrected chi connectivity index (χ4v) is 2.33. The van der Waals surface area contributed by atoms with Crippen molar-refractivity contribution in [3.05, 3.63) is 18.2 Å². The van der Waals surface area contributed by atoms with Crippen molar-refractivity contribution in [1.29, 1.82) is 0 Å². The molecule has 5 nitrogen and oxygen atoms in total. The van der Waals surface area contributed by atoms with Crippen LogP contribution in [0, 0.1) is 0 Å². The van der Waals surface area contributed by atoms with E-state index >= 15 is 0 Å². The minimum absolute atomic E-state index is 0.0938. The maximum Gasteiger partial charge on any atom is 0.323 e. The number of aromatic nitrogens is 2. The van der Waals surface area contributed by atoms with Crippen LogP contribution in [-0.4, -0.2) is 40.1 Å². The minimum Gasteiger partial charge on any atom is -0.468 e. The van der Waals surface area contributed by atoms with Crippen molar-refractivity contribution in [1.82, 2.24) is 14.5 Å². The zero-order chi connectivity index (χ0) is 12.3. The molecule has 1 aliphatic rings. The molecule has 0 aromatic carbocycles. The molecular weight excluding hydrogens is 218 g/mol. The smallest absolute Gasteiger partial charge is 0.323 e. The van der Waals surface area contributed by atoms with Gasteiger partial charge >= 0.3 is 5.97 Å². The van der Waals surface area contributed by atoms with Crippen molar-refractivity contribution in [3.8, 4) is 0 Å². The summed E-state index contributed by atoms with van der Waals surface area (Å²) in [5, 5.41) is 0. The zero-order valence-corrected chi connectivity index (χ0v) is 10.4. The van der Waals surface area contributed by atoms with Crippen LogP contribution in [-0.2, 0) is 23.1 Å². The molecule has 0 N–H and O–H groups in total. The number of esters is 1. The SMILES string of the molecule is COC(=O)C1CCCCN1Cc1cncn1C. The molecule has 0 aliphatic carbocycles. The molecule has 1 atom stereocenters. The second kappa shape index (κ2) is 5.31. The molecule has 94 valence electrons. The molecule has 5 heteroatoms. The lowest BCUT2D eigenvalue weighted by atomic mass is 10.0. The molecule has 1 saturated heterocycles. The van der Waals surface area contributed by atoms with Crippen molar-refractivity contribution in [2.45, 2.75) is 31.8 Å². The molecule has 0 amide bonds. The molecule has 1 aliphatic heterocycles. The standard InChI is InChI=1S/C12H19N3O2/c1-14-9-13-7-10(14)8-15-6-4-3-5-11(15)12(16)17-2/h7,9,11H,3-6,8H2,1-2H3. The molecular formula is C12H19N3O2. The van der Waals surface area contributed by atoms with Crippen LogP contribution in [0.5, 0.6) is 0 Å². The number of hydrogen-bond donors (Lipinski definition) is 0. The van der Waals surface area contributed by atoms with Gasteiger partial charge in [0.2, 0.25) is 0 Å². The lowest BCUT2D eigenvalue weighted by Crippen LogP contribution is -2.44. The Morgan fingerprint density at radius 2 is 2.41 bits per heavy atom. The van der Waals surface area contributed by atoms with Crippen LogP contribution in [0.25, 0.3) is 0 Å². The van der Waals surface area contributed by atoms with E-state index in [4.69, 9.17) is 4.74 Å². The molecule has 0 radical (unpaired) electrons. The third-order valence-corrected chi connectivity index (χ3v) is 3.37. The van der Waals surface area contributed by atoms with Crippen LogP contribution in [0.1, 0.15) is 25.0 Å². The molecule has 2 rings (SSSR count). The largest absolute Gasteiger partial charge is 0.468 e. The van der Waals surface area contributed by atoms with E-state index in [1.54, 1.807) is 6.33 Å². The van der Waals surface area contributed by atoms with Crippen molar-refractivity contribution in [3.63, 3.8) is 0 Å². The average molecular weight is 237 g/mol. The second-order valence-electron chi connectivity index (χ2n) is 4.50. The van der Waals surface area contributed by atoms with Gasteiger partial charge in [0, 0.05) is 19.8 Å². The van der Waals surface area contributed by atoms with Crippen LogP contribution in [0.4, 0.5) is 0 Å². The van der Waals surface area contributed by atoms with E-state index in [-0.39, 0.29) is 12.0 Å². The van der Waals surface area contributed by atoms with Crippen molar-refractivity contribution < 1.29 is 9.53 Å². The van der Waals surface area contributed by atoms with Crippen LogP contribution < -0.4 is 0 Å². The lowest BCUT2D eigenvalue weighted by Gasteiger charge is -2.33. The number of methoxy groups -OCH3 is 1. The van der Waals surface area contributed by atoms with Gasteiger partial charge in [0.05, 0.1) is 19.1 Å². The molecule has 1 aromatic rings. The molecule has 0 saturated carbocycles. The highest BCUT2D eigenvalue weighted by Gasteiger charge is 2.29. The van der Waals surface area contributed by atoms with E-state index < -0.39 is 0 Å². The lowest BCUT2D eigenvalue weighted by molar-refractivity contribution is -0.148. The summed E-state index contributed by atoms with van der Waals surface area (Å²) in [7, 11) is 3.43. The third kappa shape index (κ3) is 2.66. The maximum atomic E-state index is 11.7. The summed E-state index contributed by atoms with van der Waals surface area (Å²) in [5.41, 5.74) is 1.13. The molecule has 0 spiro atoms. The maximum absolute atomic E-state index is 11.7. The van der Waals surface area contributed by atoms with Crippen molar-refractivity contribution in [2.75, 3.05) is 13.7 Å². The summed E-state index contributed by atoms with van der Waals surface area (Å²) in [6.45, 7) is 1.71. The number of imidazole rings is 1. The van der Waals surface area contributed by atoms with Gasteiger partial charge in [0.15, 0.2) is 0 Å². The Morgan fingerprint density at radius 3 is 3.06 bits per heavy atom. The molecule has 2 heterocycles. The van der Waals surface area contributed by atoms with Gasteiger partial charge in [-0.2, -0.15) is 0 Å². The number of ether oxygens (including phenoxy) is 1. The van der Waals surface area contributed by atoms with Crippen LogP contribution in [0.15, 0.2) is 12.5 Å². The topological polar surface area (TPSA) is 47.4 Å². The van der Waals surface area contributed by atoms with Gasteiger partial charge in [0.1, 0.15) is 6.04 Å². The van der Waals surface area contributed by atoms with E-state index in [1.807, 2.05) is 17.8 Å². The Labute approximate surface area is 101 Å².